The molecule has 3 heterocycles. The second-order valence-electron chi connectivity index (χ2n) is 10.9. The maximum absolute atomic E-state index is 13.3. The molecule has 2 aliphatic heterocycles. The number of aromatic nitrogens is 1. The number of oxazole rings is 1. The number of aliphatic hydroxyl groups is 1. The van der Waals surface area contributed by atoms with E-state index in [9.17, 15) is 32.7 Å². The van der Waals surface area contributed by atoms with Crippen molar-refractivity contribution in [2.24, 2.45) is 11.8 Å². The smallest absolute Gasteiger partial charge is 0.460 e. The van der Waals surface area contributed by atoms with E-state index in [1.807, 2.05) is 20.8 Å². The second kappa shape index (κ2) is 14.6. The van der Waals surface area contributed by atoms with Crippen molar-refractivity contribution in [3.05, 3.63) is 53.8 Å². The zero-order chi connectivity index (χ0) is 31.0. The first-order valence-corrected chi connectivity index (χ1v) is 13.9. The van der Waals surface area contributed by atoms with Crippen LogP contribution in [0.5, 0.6) is 0 Å². The number of cyclic esters (lactones) is 1. The maximum Gasteiger partial charge on any atom is 0.522 e. The number of hydrogen-bond donors (Lipinski definition) is 2. The van der Waals surface area contributed by atoms with Gasteiger partial charge >= 0.3 is 12.3 Å². The molecule has 2 amide bonds. The minimum atomic E-state index is -4.99. The fourth-order valence-corrected chi connectivity index (χ4v) is 5.03. The van der Waals surface area contributed by atoms with E-state index in [0.717, 1.165) is 6.26 Å². The number of hydrogen-bond acceptors (Lipinski definition) is 8. The minimum Gasteiger partial charge on any atom is -0.460 e. The number of rotatable bonds is 2. The van der Waals surface area contributed by atoms with Crippen LogP contribution in [-0.4, -0.2) is 76.6 Å². The van der Waals surface area contributed by atoms with Crippen molar-refractivity contribution < 1.29 is 46.6 Å². The number of amides is 2. The summed E-state index contributed by atoms with van der Waals surface area (Å²) in [5, 5.41) is 13.1. The molecule has 3 rings (SSSR count). The molecule has 0 unspecified atom stereocenters. The topological polar surface area (TPSA) is 131 Å². The van der Waals surface area contributed by atoms with Crippen LogP contribution in [0.4, 0.5) is 13.2 Å². The highest BCUT2D eigenvalue weighted by atomic mass is 19.4. The zero-order valence-electron chi connectivity index (χ0n) is 24.1. The van der Waals surface area contributed by atoms with Crippen molar-refractivity contribution in [3.63, 3.8) is 0 Å². The third-order valence-corrected chi connectivity index (χ3v) is 6.97. The molecule has 0 spiro atoms. The van der Waals surface area contributed by atoms with E-state index < -0.39 is 55.4 Å². The largest absolute Gasteiger partial charge is 0.522 e. The summed E-state index contributed by atoms with van der Waals surface area (Å²) in [6.45, 7) is 7.67. The Kier molecular flexibility index (Phi) is 11.5. The van der Waals surface area contributed by atoms with Crippen LogP contribution < -0.4 is 5.32 Å². The lowest BCUT2D eigenvalue weighted by molar-refractivity contribution is -0.344. The second-order valence-corrected chi connectivity index (χ2v) is 10.9. The Morgan fingerprint density at radius 2 is 1.95 bits per heavy atom. The fourth-order valence-electron chi connectivity index (χ4n) is 5.03. The Hall–Kier alpha value is -3.45. The zero-order valence-corrected chi connectivity index (χ0v) is 24.1. The molecule has 2 N–H and O–H groups in total. The lowest BCUT2D eigenvalue weighted by atomic mass is 9.94. The summed E-state index contributed by atoms with van der Waals surface area (Å²) in [6, 6.07) is -0.877. The highest BCUT2D eigenvalue weighted by Crippen LogP contribution is 2.27. The van der Waals surface area contributed by atoms with Gasteiger partial charge < -0.3 is 24.5 Å². The molecule has 0 saturated carbocycles. The van der Waals surface area contributed by atoms with Gasteiger partial charge in [0.15, 0.2) is 11.6 Å². The number of allylic oxidation sites excluding steroid dienone is 2. The molecule has 13 heteroatoms. The fraction of sp³-hybridized carbons (Fsp3) is 0.586. The van der Waals surface area contributed by atoms with Gasteiger partial charge in [0.25, 0.3) is 5.91 Å². The summed E-state index contributed by atoms with van der Waals surface area (Å²) in [7, 11) is 0. The number of ether oxygens (including phenoxy) is 2. The predicted octanol–water partition coefficient (Wildman–Crippen LogP) is 3.87. The van der Waals surface area contributed by atoms with Crippen molar-refractivity contribution in [2.45, 2.75) is 84.1 Å². The average molecular weight is 598 g/mol. The van der Waals surface area contributed by atoms with Gasteiger partial charge in [-0.25, -0.2) is 9.78 Å². The quantitative estimate of drug-likeness (QED) is 0.492. The number of nitrogens with zero attached hydrogens (tertiary/aromatic N) is 2. The van der Waals surface area contributed by atoms with E-state index in [2.05, 4.69) is 15.0 Å². The highest BCUT2D eigenvalue weighted by Gasteiger charge is 2.39. The molecule has 1 saturated heterocycles. The highest BCUT2D eigenvalue weighted by molar-refractivity contribution is 5.95. The molecular formula is C29H38F3N3O7. The summed E-state index contributed by atoms with van der Waals surface area (Å²) in [5.74, 6) is -2.16. The van der Waals surface area contributed by atoms with Gasteiger partial charge in [-0.3, -0.25) is 14.3 Å². The van der Waals surface area contributed by atoms with Crippen molar-refractivity contribution in [1.82, 2.24) is 15.2 Å². The molecule has 10 nitrogen and oxygen atoms in total. The van der Waals surface area contributed by atoms with Crippen LogP contribution in [0.25, 0.3) is 0 Å². The van der Waals surface area contributed by atoms with Crippen LogP contribution in [0.3, 0.4) is 0 Å². The first-order chi connectivity index (χ1) is 19.7. The Balaban J connectivity index is 1.91. The Morgan fingerprint density at radius 1 is 1.21 bits per heavy atom. The summed E-state index contributed by atoms with van der Waals surface area (Å²) in [5.41, 5.74) is 0.383. The minimum absolute atomic E-state index is 0.0882. The third-order valence-electron chi connectivity index (χ3n) is 6.97. The summed E-state index contributed by atoms with van der Waals surface area (Å²) in [4.78, 5) is 44.2. The number of esters is 1. The number of aliphatic hydroxyl groups excluding tert-OH is 1. The van der Waals surface area contributed by atoms with Crippen LogP contribution in [0.1, 0.15) is 63.3 Å². The molecule has 2 bridgehead atoms. The van der Waals surface area contributed by atoms with Gasteiger partial charge in [0, 0.05) is 25.4 Å². The van der Waals surface area contributed by atoms with Gasteiger partial charge in [-0.05, 0) is 31.8 Å². The first-order valence-electron chi connectivity index (χ1n) is 13.9. The maximum atomic E-state index is 13.3. The van der Waals surface area contributed by atoms with Gasteiger partial charge in [-0.1, -0.05) is 50.6 Å². The molecule has 232 valence electrons. The van der Waals surface area contributed by atoms with Crippen molar-refractivity contribution in [2.75, 3.05) is 13.1 Å². The Labute approximate surface area is 242 Å². The molecule has 0 aromatic carbocycles. The number of alkyl halides is 3. The average Bonchev–Trinajstić information content (AvgIpc) is 3.56. The van der Waals surface area contributed by atoms with E-state index in [-0.39, 0.29) is 42.4 Å². The molecule has 1 aromatic rings. The van der Waals surface area contributed by atoms with Crippen LogP contribution in [-0.2, 0) is 25.5 Å². The normalized spacial score (nSPS) is 30.2. The van der Waals surface area contributed by atoms with E-state index in [1.165, 1.54) is 17.1 Å². The van der Waals surface area contributed by atoms with Crippen molar-refractivity contribution in [3.8, 4) is 0 Å². The number of carbonyl (C=O) groups is 3. The van der Waals surface area contributed by atoms with E-state index in [4.69, 9.17) is 9.15 Å². The van der Waals surface area contributed by atoms with Gasteiger partial charge in [-0.15, -0.1) is 13.2 Å². The van der Waals surface area contributed by atoms with Gasteiger partial charge in [0.05, 0.1) is 18.6 Å². The lowest BCUT2D eigenvalue weighted by Crippen LogP contribution is -2.44. The van der Waals surface area contributed by atoms with Gasteiger partial charge in [0.1, 0.15) is 18.4 Å². The third kappa shape index (κ3) is 9.83. The summed E-state index contributed by atoms with van der Waals surface area (Å²) >= 11 is 0. The number of halogens is 3. The van der Waals surface area contributed by atoms with Crippen molar-refractivity contribution >= 4 is 17.8 Å². The monoisotopic (exact) mass is 597 g/mol. The Bertz CT molecular complexity index is 1190. The van der Waals surface area contributed by atoms with Crippen LogP contribution in [0.15, 0.2) is 46.6 Å². The van der Waals surface area contributed by atoms with Gasteiger partial charge in [-0.2, -0.15) is 0 Å². The lowest BCUT2D eigenvalue weighted by Gasteiger charge is -2.29. The summed E-state index contributed by atoms with van der Waals surface area (Å²) in [6.07, 6.45) is 0.231. The van der Waals surface area contributed by atoms with Crippen LogP contribution in [0, 0.1) is 11.8 Å². The SMILES string of the molecule is CC1=C/[C@@H](O)C[C@@H](OC(F)(F)F)Cc2nc(co2)C(=O)N2CCC[C@@H]2C(=O)O[C@H](C(C)C)[C@H](C)/C=C\C(=O)NC/C=C\1. The number of nitrogens with one attached hydrogen (secondary N) is 1. The van der Waals surface area contributed by atoms with E-state index in [1.54, 1.807) is 25.2 Å². The van der Waals surface area contributed by atoms with E-state index >= 15 is 0 Å². The summed E-state index contributed by atoms with van der Waals surface area (Å²) < 4.78 is 54.7. The molecule has 0 radical (unpaired) electrons. The molecule has 1 fully saturated rings. The van der Waals surface area contributed by atoms with Crippen molar-refractivity contribution in [1.29, 1.82) is 0 Å². The molecular weight excluding hydrogens is 559 g/mol. The van der Waals surface area contributed by atoms with Crippen LogP contribution >= 0.6 is 0 Å². The van der Waals surface area contributed by atoms with E-state index in [0.29, 0.717) is 18.4 Å². The molecule has 5 atom stereocenters. The standard InChI is InChI=1S/C29H38F3N3O7/c1-17(2)26-19(4)9-10-24(37)33-11-5-7-18(3)13-20(36)14-21(42-29(30,31)32)15-25-34-22(16-40-25)27(38)35-12-6-8-23(35)28(39)41-26/h5,7,9-10,13,16-17,19-21,23,26,36H,6,8,11-12,14-15H2,1-4H3,(H,33,37)/b7-5-,10-9-,18-13-/t19-,20-,21-,23-,26-/m1/s1. The molecule has 42 heavy (non-hydrogen) atoms. The first kappa shape index (κ1) is 33.1. The van der Waals surface area contributed by atoms with Gasteiger partial charge in [0.2, 0.25) is 5.91 Å². The molecule has 2 aliphatic rings. The van der Waals surface area contributed by atoms with Crippen LogP contribution in [0.2, 0.25) is 0 Å². The number of fused-ring (bicyclic) bond motifs is 3. The molecule has 0 aliphatic carbocycles. The Morgan fingerprint density at radius 3 is 2.64 bits per heavy atom. The predicted molar refractivity (Wildman–Crippen MR) is 145 cm³/mol. The molecule has 1 aromatic heterocycles. The number of carbonyl (C=O) groups excluding carboxylic acids is 3.